The molecule has 1 aliphatic heterocycles. The maximum Gasteiger partial charge on any atom is 0.338 e. The number of ether oxygens (including phenoxy) is 2. The average molecular weight is 332 g/mol. The Bertz CT molecular complexity index is 652. The Morgan fingerprint density at radius 3 is 2.75 bits per heavy atom. The van der Waals surface area contributed by atoms with E-state index in [1.54, 1.807) is 6.92 Å². The second-order valence-corrected chi connectivity index (χ2v) is 6.07. The number of rotatable bonds is 6. The van der Waals surface area contributed by atoms with Crippen LogP contribution in [0.15, 0.2) is 35.5 Å². The molecule has 2 N–H and O–H groups in total. The number of urea groups is 1. The van der Waals surface area contributed by atoms with Crippen molar-refractivity contribution in [1.82, 2.24) is 10.6 Å². The Labute approximate surface area is 142 Å². The summed E-state index contributed by atoms with van der Waals surface area (Å²) in [6.07, 6.45) is 0. The molecule has 1 atom stereocenters. The summed E-state index contributed by atoms with van der Waals surface area (Å²) in [6, 6.07) is 6.42. The fourth-order valence-corrected chi connectivity index (χ4v) is 2.49. The van der Waals surface area contributed by atoms with E-state index in [1.165, 1.54) is 0 Å². The molecule has 1 aromatic carbocycles. The Kier molecular flexibility index (Phi) is 5.84. The summed E-state index contributed by atoms with van der Waals surface area (Å²) in [5.74, 6) is 0.497. The second-order valence-electron chi connectivity index (χ2n) is 6.07. The topological polar surface area (TPSA) is 76.7 Å². The van der Waals surface area contributed by atoms with Gasteiger partial charge in [0.25, 0.3) is 0 Å². The summed E-state index contributed by atoms with van der Waals surface area (Å²) in [7, 11) is 0. The highest BCUT2D eigenvalue weighted by Gasteiger charge is 2.32. The Morgan fingerprint density at radius 1 is 1.33 bits per heavy atom. The molecule has 130 valence electrons. The van der Waals surface area contributed by atoms with Crippen LogP contribution in [0.5, 0.6) is 5.75 Å². The summed E-state index contributed by atoms with van der Waals surface area (Å²) in [4.78, 5) is 24.4. The number of esters is 1. The minimum Gasteiger partial charge on any atom is -0.494 e. The van der Waals surface area contributed by atoms with Gasteiger partial charge in [0.1, 0.15) is 5.75 Å². The lowest BCUT2D eigenvalue weighted by Gasteiger charge is -2.28. The molecule has 2 rings (SSSR count). The van der Waals surface area contributed by atoms with Gasteiger partial charge in [0.15, 0.2) is 0 Å². The van der Waals surface area contributed by atoms with Gasteiger partial charge in [-0.25, -0.2) is 9.59 Å². The predicted molar refractivity (Wildman–Crippen MR) is 90.5 cm³/mol. The molecule has 0 aromatic heterocycles. The molecule has 0 spiro atoms. The van der Waals surface area contributed by atoms with Gasteiger partial charge in [0.05, 0.1) is 24.8 Å². The quantitative estimate of drug-likeness (QED) is 0.785. The third kappa shape index (κ3) is 4.28. The van der Waals surface area contributed by atoms with Gasteiger partial charge >= 0.3 is 12.0 Å². The van der Waals surface area contributed by atoms with Crippen LogP contribution in [0.2, 0.25) is 0 Å². The van der Waals surface area contributed by atoms with E-state index in [9.17, 15) is 9.59 Å². The lowest BCUT2D eigenvalue weighted by molar-refractivity contribution is -0.140. The molecule has 1 heterocycles. The van der Waals surface area contributed by atoms with Crippen molar-refractivity contribution in [3.63, 3.8) is 0 Å². The first-order valence-electron chi connectivity index (χ1n) is 8.10. The number of carbonyl (C=O) groups excluding carboxylic acids is 2. The summed E-state index contributed by atoms with van der Waals surface area (Å²) in [5.41, 5.74) is 1.68. The molecule has 0 aliphatic carbocycles. The summed E-state index contributed by atoms with van der Waals surface area (Å²) in [6.45, 7) is 8.41. The van der Waals surface area contributed by atoms with Crippen LogP contribution < -0.4 is 15.4 Å². The van der Waals surface area contributed by atoms with E-state index in [1.807, 2.05) is 45.0 Å². The number of allylic oxidation sites excluding steroid dienone is 1. The minimum absolute atomic E-state index is 0.237. The Balaban J connectivity index is 2.34. The Hall–Kier alpha value is -2.50. The van der Waals surface area contributed by atoms with Crippen LogP contribution in [0, 0.1) is 5.92 Å². The van der Waals surface area contributed by atoms with Gasteiger partial charge in [0.2, 0.25) is 0 Å². The SMILES string of the molecule is CCOc1cccc([C@@H]2NC(=O)NC(C)=C2C(=O)OCC(C)C)c1. The van der Waals surface area contributed by atoms with Crippen molar-refractivity contribution in [2.24, 2.45) is 5.92 Å². The number of hydrogen-bond acceptors (Lipinski definition) is 4. The average Bonchev–Trinajstić information content (AvgIpc) is 2.52. The van der Waals surface area contributed by atoms with Gasteiger partial charge in [-0.15, -0.1) is 0 Å². The number of benzene rings is 1. The smallest absolute Gasteiger partial charge is 0.338 e. The van der Waals surface area contributed by atoms with Crippen molar-refractivity contribution in [1.29, 1.82) is 0 Å². The Morgan fingerprint density at radius 2 is 2.08 bits per heavy atom. The van der Waals surface area contributed by atoms with Crippen molar-refractivity contribution in [3.05, 3.63) is 41.1 Å². The van der Waals surface area contributed by atoms with Crippen LogP contribution in [-0.4, -0.2) is 25.2 Å². The van der Waals surface area contributed by atoms with Crippen LogP contribution in [-0.2, 0) is 9.53 Å². The molecule has 0 fully saturated rings. The van der Waals surface area contributed by atoms with E-state index >= 15 is 0 Å². The summed E-state index contributed by atoms with van der Waals surface area (Å²) >= 11 is 0. The highest BCUT2D eigenvalue weighted by Crippen LogP contribution is 2.29. The molecule has 0 bridgehead atoms. The van der Waals surface area contributed by atoms with Gasteiger partial charge in [-0.3, -0.25) is 0 Å². The monoisotopic (exact) mass is 332 g/mol. The largest absolute Gasteiger partial charge is 0.494 e. The zero-order chi connectivity index (χ0) is 17.7. The van der Waals surface area contributed by atoms with Gasteiger partial charge in [-0.2, -0.15) is 0 Å². The standard InChI is InChI=1S/C18H24N2O4/c1-5-23-14-8-6-7-13(9-14)16-15(12(4)19-18(22)20-16)17(21)24-10-11(2)3/h6-9,11,16H,5,10H2,1-4H3,(H2,19,20,22)/t16-/m0/s1. The fraction of sp³-hybridized carbons (Fsp3) is 0.444. The predicted octanol–water partition coefficient (Wildman–Crippen LogP) is 2.91. The van der Waals surface area contributed by atoms with Crippen molar-refractivity contribution < 1.29 is 19.1 Å². The highest BCUT2D eigenvalue weighted by atomic mass is 16.5. The molecule has 24 heavy (non-hydrogen) atoms. The molecule has 0 saturated heterocycles. The van der Waals surface area contributed by atoms with Gasteiger partial charge in [-0.1, -0.05) is 26.0 Å². The molecule has 6 nitrogen and oxygen atoms in total. The van der Waals surface area contributed by atoms with Crippen LogP contribution in [0.4, 0.5) is 4.79 Å². The molecular weight excluding hydrogens is 308 g/mol. The van der Waals surface area contributed by atoms with E-state index in [2.05, 4.69) is 10.6 Å². The summed E-state index contributed by atoms with van der Waals surface area (Å²) in [5, 5.41) is 5.42. The maximum absolute atomic E-state index is 12.5. The van der Waals surface area contributed by atoms with Crippen LogP contribution in [0.3, 0.4) is 0 Å². The van der Waals surface area contributed by atoms with Crippen LogP contribution in [0.1, 0.15) is 39.3 Å². The second kappa shape index (κ2) is 7.86. The van der Waals surface area contributed by atoms with E-state index < -0.39 is 12.0 Å². The van der Waals surface area contributed by atoms with Gasteiger partial charge in [-0.05, 0) is 37.5 Å². The third-order valence-electron chi connectivity index (χ3n) is 3.54. The normalized spacial score (nSPS) is 17.4. The first kappa shape index (κ1) is 17.8. The van der Waals surface area contributed by atoms with Crippen LogP contribution >= 0.6 is 0 Å². The fourth-order valence-electron chi connectivity index (χ4n) is 2.49. The van der Waals surface area contributed by atoms with E-state index in [0.29, 0.717) is 30.2 Å². The highest BCUT2D eigenvalue weighted by molar-refractivity contribution is 5.95. The van der Waals surface area contributed by atoms with Crippen LogP contribution in [0.25, 0.3) is 0 Å². The lowest BCUT2D eigenvalue weighted by atomic mass is 9.95. The van der Waals surface area contributed by atoms with Gasteiger partial charge < -0.3 is 20.1 Å². The number of carbonyl (C=O) groups is 2. The third-order valence-corrected chi connectivity index (χ3v) is 3.54. The zero-order valence-electron chi connectivity index (χ0n) is 14.5. The molecule has 1 aromatic rings. The van der Waals surface area contributed by atoms with Gasteiger partial charge in [0, 0.05) is 5.70 Å². The first-order chi connectivity index (χ1) is 11.4. The molecule has 0 radical (unpaired) electrons. The maximum atomic E-state index is 12.5. The zero-order valence-corrected chi connectivity index (χ0v) is 14.5. The number of nitrogens with one attached hydrogen (secondary N) is 2. The molecule has 1 aliphatic rings. The molecule has 0 saturated carbocycles. The van der Waals surface area contributed by atoms with Crippen molar-refractivity contribution in [2.45, 2.75) is 33.7 Å². The summed E-state index contributed by atoms with van der Waals surface area (Å²) < 4.78 is 10.9. The molecule has 2 amide bonds. The number of hydrogen-bond donors (Lipinski definition) is 2. The first-order valence-corrected chi connectivity index (χ1v) is 8.10. The molecule has 0 unspecified atom stereocenters. The van der Waals surface area contributed by atoms with E-state index in [4.69, 9.17) is 9.47 Å². The lowest BCUT2D eigenvalue weighted by Crippen LogP contribution is -2.45. The molecular formula is C18H24N2O4. The van der Waals surface area contributed by atoms with E-state index in [0.717, 1.165) is 5.56 Å². The minimum atomic E-state index is -0.571. The molecule has 6 heteroatoms. The van der Waals surface area contributed by atoms with Crippen molar-refractivity contribution in [3.8, 4) is 5.75 Å². The van der Waals surface area contributed by atoms with E-state index in [-0.39, 0.29) is 11.9 Å². The van der Waals surface area contributed by atoms with Crippen molar-refractivity contribution in [2.75, 3.05) is 13.2 Å². The van der Waals surface area contributed by atoms with Crippen molar-refractivity contribution >= 4 is 12.0 Å². The number of amides is 2.